The molecular formula is C22H20N6O. The summed E-state index contributed by atoms with van der Waals surface area (Å²) in [5, 5.41) is 1.04. The van der Waals surface area contributed by atoms with E-state index in [4.69, 9.17) is 0 Å². The highest BCUT2D eigenvalue weighted by Gasteiger charge is 2.28. The highest BCUT2D eigenvalue weighted by molar-refractivity contribution is 5.95. The first kappa shape index (κ1) is 17.5. The lowest BCUT2D eigenvalue weighted by molar-refractivity contribution is 0.0706. The number of rotatable bonds is 3. The number of carbonyl (C=O) groups is 1. The van der Waals surface area contributed by atoms with Gasteiger partial charge in [0, 0.05) is 49.2 Å². The van der Waals surface area contributed by atoms with E-state index in [1.807, 2.05) is 41.3 Å². The lowest BCUT2D eigenvalue weighted by Gasteiger charge is -2.32. The minimum absolute atomic E-state index is 0.0143. The Balaban J connectivity index is 1.32. The summed E-state index contributed by atoms with van der Waals surface area (Å²) >= 11 is 0. The molecule has 29 heavy (non-hydrogen) atoms. The van der Waals surface area contributed by atoms with Crippen LogP contribution >= 0.6 is 0 Å². The normalized spacial score (nSPS) is 15.0. The zero-order valence-corrected chi connectivity index (χ0v) is 15.8. The van der Waals surface area contributed by atoms with Crippen molar-refractivity contribution in [2.24, 2.45) is 0 Å². The van der Waals surface area contributed by atoms with Gasteiger partial charge in [-0.2, -0.15) is 0 Å². The third kappa shape index (κ3) is 3.35. The van der Waals surface area contributed by atoms with Crippen molar-refractivity contribution in [2.75, 3.05) is 13.1 Å². The highest BCUT2D eigenvalue weighted by atomic mass is 16.2. The van der Waals surface area contributed by atoms with Crippen LogP contribution in [0, 0.1) is 0 Å². The van der Waals surface area contributed by atoms with Crippen LogP contribution in [0.2, 0.25) is 0 Å². The molecule has 0 saturated carbocycles. The lowest BCUT2D eigenvalue weighted by Crippen LogP contribution is -2.38. The Morgan fingerprint density at radius 2 is 1.79 bits per heavy atom. The van der Waals surface area contributed by atoms with Gasteiger partial charge in [0.15, 0.2) is 5.82 Å². The van der Waals surface area contributed by atoms with Gasteiger partial charge in [-0.3, -0.25) is 9.78 Å². The number of pyridine rings is 1. The smallest absolute Gasteiger partial charge is 0.272 e. The van der Waals surface area contributed by atoms with E-state index in [0.717, 1.165) is 41.0 Å². The molecule has 1 fully saturated rings. The number of nitrogens with zero attached hydrogens (tertiary/aromatic N) is 5. The molecule has 144 valence electrons. The lowest BCUT2D eigenvalue weighted by atomic mass is 9.91. The summed E-state index contributed by atoms with van der Waals surface area (Å²) in [6, 6.07) is 11.6. The molecule has 7 heteroatoms. The highest BCUT2D eigenvalue weighted by Crippen LogP contribution is 2.31. The van der Waals surface area contributed by atoms with Crippen LogP contribution < -0.4 is 0 Å². The zero-order chi connectivity index (χ0) is 19.6. The Hall–Kier alpha value is -3.61. The van der Waals surface area contributed by atoms with Gasteiger partial charge in [-0.1, -0.05) is 24.3 Å². The second-order valence-electron chi connectivity index (χ2n) is 7.18. The second kappa shape index (κ2) is 7.43. The van der Waals surface area contributed by atoms with Crippen molar-refractivity contribution >= 4 is 16.8 Å². The average Bonchev–Trinajstić information content (AvgIpc) is 3.33. The number of imidazole rings is 1. The zero-order valence-electron chi connectivity index (χ0n) is 15.8. The minimum Gasteiger partial charge on any atom is -0.343 e. The van der Waals surface area contributed by atoms with Gasteiger partial charge < -0.3 is 9.88 Å². The standard InChI is InChI=1S/C22H20N6O/c29-22(18-6-5-15-3-1-2-4-17(15)27-18)28-13-7-16(8-14-28)19-20(24-10-9-23-19)21-25-11-12-26-21/h1-6,9-12,16H,7-8,13-14H2,(H,25,26). The summed E-state index contributed by atoms with van der Waals surface area (Å²) in [5.41, 5.74) is 3.07. The molecule has 1 aliphatic rings. The topological polar surface area (TPSA) is 87.7 Å². The van der Waals surface area contributed by atoms with Crippen LogP contribution in [0.3, 0.4) is 0 Å². The maximum Gasteiger partial charge on any atom is 0.272 e. The predicted octanol–water partition coefficient (Wildman–Crippen LogP) is 3.43. The van der Waals surface area contributed by atoms with E-state index in [2.05, 4.69) is 24.9 Å². The van der Waals surface area contributed by atoms with Crippen molar-refractivity contribution in [1.82, 2.24) is 29.8 Å². The van der Waals surface area contributed by atoms with Gasteiger partial charge >= 0.3 is 0 Å². The summed E-state index contributed by atoms with van der Waals surface area (Å²) in [4.78, 5) is 35.9. The Labute approximate surface area is 167 Å². The number of nitrogens with one attached hydrogen (secondary N) is 1. The Bertz CT molecular complexity index is 1150. The van der Waals surface area contributed by atoms with Crippen LogP contribution in [0.1, 0.15) is 34.9 Å². The van der Waals surface area contributed by atoms with Gasteiger partial charge in [-0.05, 0) is 25.0 Å². The fourth-order valence-electron chi connectivity index (χ4n) is 3.93. The van der Waals surface area contributed by atoms with E-state index in [1.165, 1.54) is 0 Å². The number of aromatic nitrogens is 5. The van der Waals surface area contributed by atoms with E-state index in [-0.39, 0.29) is 11.8 Å². The fourth-order valence-corrected chi connectivity index (χ4v) is 3.93. The van der Waals surface area contributed by atoms with E-state index in [9.17, 15) is 4.79 Å². The molecule has 7 nitrogen and oxygen atoms in total. The number of carbonyl (C=O) groups excluding carboxylic acids is 1. The van der Waals surface area contributed by atoms with Crippen LogP contribution in [-0.4, -0.2) is 48.8 Å². The maximum atomic E-state index is 13.0. The molecule has 1 saturated heterocycles. The number of piperidine rings is 1. The first-order chi connectivity index (χ1) is 14.3. The average molecular weight is 384 g/mol. The van der Waals surface area contributed by atoms with Gasteiger partial charge in [0.1, 0.15) is 11.4 Å². The van der Waals surface area contributed by atoms with E-state index < -0.39 is 0 Å². The molecular weight excluding hydrogens is 364 g/mol. The number of aromatic amines is 1. The summed E-state index contributed by atoms with van der Waals surface area (Å²) < 4.78 is 0. The minimum atomic E-state index is -0.0143. The number of likely N-dealkylation sites (tertiary alicyclic amines) is 1. The SMILES string of the molecule is O=C(c1ccc2ccccc2n1)N1CCC(c2nccnc2-c2ncc[nH]2)CC1. The molecule has 1 amide bonds. The summed E-state index contributed by atoms with van der Waals surface area (Å²) in [5.74, 6) is 0.962. The number of hydrogen-bond donors (Lipinski definition) is 1. The molecule has 0 spiro atoms. The van der Waals surface area contributed by atoms with Crippen molar-refractivity contribution in [1.29, 1.82) is 0 Å². The van der Waals surface area contributed by atoms with Crippen LogP contribution in [0.15, 0.2) is 61.2 Å². The first-order valence-electron chi connectivity index (χ1n) is 9.75. The molecule has 0 aliphatic carbocycles. The molecule has 0 radical (unpaired) electrons. The van der Waals surface area contributed by atoms with Crippen molar-refractivity contribution in [3.8, 4) is 11.5 Å². The Morgan fingerprint density at radius 1 is 0.966 bits per heavy atom. The van der Waals surface area contributed by atoms with Gasteiger partial charge in [0.05, 0.1) is 11.2 Å². The number of para-hydroxylation sites is 1. The molecule has 4 heterocycles. The van der Waals surface area contributed by atoms with Crippen molar-refractivity contribution in [2.45, 2.75) is 18.8 Å². The van der Waals surface area contributed by atoms with Gasteiger partial charge in [-0.25, -0.2) is 15.0 Å². The van der Waals surface area contributed by atoms with Gasteiger partial charge in [-0.15, -0.1) is 0 Å². The summed E-state index contributed by atoms with van der Waals surface area (Å²) in [6.07, 6.45) is 8.58. The third-order valence-corrected chi connectivity index (χ3v) is 5.44. The molecule has 4 aromatic rings. The van der Waals surface area contributed by atoms with E-state index in [1.54, 1.807) is 24.8 Å². The number of H-pyrrole nitrogens is 1. The second-order valence-corrected chi connectivity index (χ2v) is 7.18. The molecule has 5 rings (SSSR count). The molecule has 1 aromatic carbocycles. The van der Waals surface area contributed by atoms with Crippen molar-refractivity contribution in [3.05, 3.63) is 72.6 Å². The molecule has 1 N–H and O–H groups in total. The van der Waals surface area contributed by atoms with Crippen LogP contribution in [0.4, 0.5) is 0 Å². The Kier molecular flexibility index (Phi) is 4.48. The predicted molar refractivity (Wildman–Crippen MR) is 109 cm³/mol. The quantitative estimate of drug-likeness (QED) is 0.585. The van der Waals surface area contributed by atoms with Crippen molar-refractivity contribution < 1.29 is 4.79 Å². The van der Waals surface area contributed by atoms with Crippen LogP contribution in [-0.2, 0) is 0 Å². The van der Waals surface area contributed by atoms with Crippen LogP contribution in [0.5, 0.6) is 0 Å². The van der Waals surface area contributed by atoms with Gasteiger partial charge in [0.2, 0.25) is 0 Å². The molecule has 1 aliphatic heterocycles. The van der Waals surface area contributed by atoms with Crippen molar-refractivity contribution in [3.63, 3.8) is 0 Å². The van der Waals surface area contributed by atoms with Gasteiger partial charge in [0.25, 0.3) is 5.91 Å². The molecule has 0 bridgehead atoms. The largest absolute Gasteiger partial charge is 0.343 e. The van der Waals surface area contributed by atoms with E-state index in [0.29, 0.717) is 18.8 Å². The fraction of sp³-hybridized carbons (Fsp3) is 0.227. The number of hydrogen-bond acceptors (Lipinski definition) is 5. The molecule has 3 aromatic heterocycles. The summed E-state index contributed by atoms with van der Waals surface area (Å²) in [6.45, 7) is 1.35. The molecule has 0 unspecified atom stereocenters. The number of fused-ring (bicyclic) bond motifs is 1. The number of benzene rings is 1. The monoisotopic (exact) mass is 384 g/mol. The maximum absolute atomic E-state index is 13.0. The Morgan fingerprint density at radius 3 is 2.62 bits per heavy atom. The van der Waals surface area contributed by atoms with E-state index >= 15 is 0 Å². The first-order valence-corrected chi connectivity index (χ1v) is 9.75. The molecule has 0 atom stereocenters. The number of amides is 1. The van der Waals surface area contributed by atoms with Crippen LogP contribution in [0.25, 0.3) is 22.4 Å². The third-order valence-electron chi connectivity index (χ3n) is 5.44. The summed E-state index contributed by atoms with van der Waals surface area (Å²) in [7, 11) is 0.